The number of aliphatic hydroxyl groups is 2. The van der Waals surface area contributed by atoms with E-state index in [1.165, 1.54) is 5.56 Å². The molecule has 2 N–H and O–H groups in total. The lowest BCUT2D eigenvalue weighted by atomic mass is 9.73. The van der Waals surface area contributed by atoms with Crippen molar-refractivity contribution in [2.45, 2.75) is 88.8 Å². The van der Waals surface area contributed by atoms with Crippen LogP contribution in [-0.2, 0) is 11.0 Å². The summed E-state index contributed by atoms with van der Waals surface area (Å²) >= 11 is 0. The zero-order valence-corrected chi connectivity index (χ0v) is 34.7. The van der Waals surface area contributed by atoms with Crippen LogP contribution in [-0.4, -0.2) is 81.1 Å². The summed E-state index contributed by atoms with van der Waals surface area (Å²) < 4.78 is 10.5. The molecule has 4 atom stereocenters. The van der Waals surface area contributed by atoms with Crippen molar-refractivity contribution in [3.63, 3.8) is 0 Å². The van der Waals surface area contributed by atoms with E-state index >= 15 is 0 Å². The Balaban J connectivity index is 0.000000252. The zero-order valence-electron chi connectivity index (χ0n) is 34.7. The second-order valence-electron chi connectivity index (χ2n) is 16.9. The average molecular weight is 737 g/mol. The van der Waals surface area contributed by atoms with Crippen LogP contribution in [0.5, 0.6) is 11.5 Å². The fourth-order valence-corrected chi connectivity index (χ4v) is 8.21. The summed E-state index contributed by atoms with van der Waals surface area (Å²) in [6.45, 7) is 12.4. The Hall–Kier alpha value is -3.68. The molecule has 0 saturated heterocycles. The first-order valence-electron chi connectivity index (χ1n) is 19.8. The molecule has 3 aromatic carbocycles. The monoisotopic (exact) mass is 737 g/mol. The van der Waals surface area contributed by atoms with Gasteiger partial charge in [0.1, 0.15) is 22.7 Å². The Labute approximate surface area is 327 Å². The highest BCUT2D eigenvalue weighted by Gasteiger charge is 2.43. The maximum atomic E-state index is 12.4. The van der Waals surface area contributed by atoms with E-state index in [2.05, 4.69) is 114 Å². The summed E-state index contributed by atoms with van der Waals surface area (Å²) in [4.78, 5) is 4.35. The first kappa shape index (κ1) is 43.1. The van der Waals surface area contributed by atoms with Crippen molar-refractivity contribution < 1.29 is 19.7 Å². The molecule has 0 heterocycles. The van der Waals surface area contributed by atoms with Crippen molar-refractivity contribution in [2.24, 2.45) is 11.8 Å². The normalized spacial score (nSPS) is 25.1. The molecule has 294 valence electrons. The third-order valence-electron chi connectivity index (χ3n) is 11.3. The van der Waals surface area contributed by atoms with E-state index in [4.69, 9.17) is 9.47 Å². The van der Waals surface area contributed by atoms with Crippen LogP contribution in [0.1, 0.15) is 94.4 Å². The van der Waals surface area contributed by atoms with Crippen LogP contribution in [0, 0.1) is 11.8 Å². The van der Waals surface area contributed by atoms with Crippen molar-refractivity contribution >= 4 is 12.2 Å². The smallest absolute Gasteiger partial charge is 0.118 e. The lowest BCUT2D eigenvalue weighted by Crippen LogP contribution is -2.42. The molecule has 2 aliphatic rings. The SMILES string of the molecule is C=CC1(O)C(=Cc2ccc(OC)cc2)CCCCC1CN(C)C.COc1ccc(C=C2CCCCC(CN(C)C)C2(O)c2ccc(C(C)(C)C)cc2)cc1. The molecule has 0 amide bonds. The van der Waals surface area contributed by atoms with Crippen LogP contribution in [0.4, 0.5) is 0 Å². The Morgan fingerprint density at radius 1 is 0.667 bits per heavy atom. The standard InChI is InChI=1S/C28H39NO2.C20H29NO2/c1-27(2,3)22-13-15-23(16-14-22)28(30)24(9-7-8-10-25(28)20-29(4)5)19-21-11-17-26(31-6)18-12-21;1-5-20(22)17(8-6-7-9-18(20)15-21(2)3)14-16-10-12-19(23-4)13-11-16/h11-19,25,30H,7-10,20H2,1-6H3;5,10-14,18,22H,1,6-9,15H2,2-4H3. The van der Waals surface area contributed by atoms with Gasteiger partial charge < -0.3 is 29.5 Å². The van der Waals surface area contributed by atoms with Gasteiger partial charge in [0.25, 0.3) is 0 Å². The van der Waals surface area contributed by atoms with Crippen molar-refractivity contribution in [1.29, 1.82) is 0 Å². The molecule has 5 rings (SSSR count). The van der Waals surface area contributed by atoms with Gasteiger partial charge in [0.2, 0.25) is 0 Å². The third kappa shape index (κ3) is 11.0. The van der Waals surface area contributed by atoms with Gasteiger partial charge in [-0.25, -0.2) is 0 Å². The molecule has 2 aliphatic carbocycles. The Bertz CT molecular complexity index is 1670. The Morgan fingerprint density at radius 3 is 1.56 bits per heavy atom. The van der Waals surface area contributed by atoms with E-state index in [1.807, 2.05) is 36.4 Å². The largest absolute Gasteiger partial charge is 0.497 e. The molecular weight excluding hydrogens is 669 g/mol. The van der Waals surface area contributed by atoms with Gasteiger partial charge in [-0.3, -0.25) is 0 Å². The molecule has 54 heavy (non-hydrogen) atoms. The molecule has 3 aromatic rings. The van der Waals surface area contributed by atoms with Gasteiger partial charge >= 0.3 is 0 Å². The predicted molar refractivity (Wildman–Crippen MR) is 227 cm³/mol. The van der Waals surface area contributed by atoms with Crippen molar-refractivity contribution in [3.05, 3.63) is 119 Å². The highest BCUT2D eigenvalue weighted by Crippen LogP contribution is 2.46. The van der Waals surface area contributed by atoms with Gasteiger partial charge in [-0.2, -0.15) is 0 Å². The molecule has 4 unspecified atom stereocenters. The van der Waals surface area contributed by atoms with Gasteiger partial charge in [0.15, 0.2) is 0 Å². The first-order valence-corrected chi connectivity index (χ1v) is 19.8. The fraction of sp³-hybridized carbons (Fsp3) is 0.500. The molecule has 6 heteroatoms. The zero-order chi connectivity index (χ0) is 39.5. The predicted octanol–water partition coefficient (Wildman–Crippen LogP) is 9.76. The molecule has 6 nitrogen and oxygen atoms in total. The lowest BCUT2D eigenvalue weighted by Gasteiger charge is -2.39. The highest BCUT2D eigenvalue weighted by molar-refractivity contribution is 5.59. The van der Waals surface area contributed by atoms with E-state index in [-0.39, 0.29) is 17.3 Å². The van der Waals surface area contributed by atoms with Crippen LogP contribution in [0.3, 0.4) is 0 Å². The van der Waals surface area contributed by atoms with Crippen LogP contribution in [0.2, 0.25) is 0 Å². The number of rotatable bonds is 10. The summed E-state index contributed by atoms with van der Waals surface area (Å²) in [5.74, 6) is 2.02. The fourth-order valence-electron chi connectivity index (χ4n) is 8.21. The molecule has 0 aliphatic heterocycles. The van der Waals surface area contributed by atoms with Gasteiger partial charge in [-0.1, -0.05) is 107 Å². The minimum absolute atomic E-state index is 0.0927. The minimum atomic E-state index is -0.975. The van der Waals surface area contributed by atoms with Crippen molar-refractivity contribution in [3.8, 4) is 11.5 Å². The summed E-state index contributed by atoms with van der Waals surface area (Å²) in [5, 5.41) is 23.8. The average Bonchev–Trinajstić information content (AvgIpc) is 3.39. The van der Waals surface area contributed by atoms with Gasteiger partial charge in [0.05, 0.1) is 14.2 Å². The maximum Gasteiger partial charge on any atom is 0.118 e. The molecule has 0 spiro atoms. The van der Waals surface area contributed by atoms with Crippen LogP contribution in [0.25, 0.3) is 12.2 Å². The number of hydrogen-bond donors (Lipinski definition) is 2. The number of hydrogen-bond acceptors (Lipinski definition) is 6. The van der Waals surface area contributed by atoms with E-state index in [0.717, 1.165) is 104 Å². The van der Waals surface area contributed by atoms with E-state index in [1.54, 1.807) is 20.3 Å². The topological polar surface area (TPSA) is 65.4 Å². The first-order chi connectivity index (χ1) is 25.6. The molecule has 2 saturated carbocycles. The number of nitrogens with zero attached hydrogens (tertiary/aromatic N) is 2. The Kier molecular flexibility index (Phi) is 15.4. The third-order valence-corrected chi connectivity index (χ3v) is 11.3. The number of benzene rings is 3. The summed E-state index contributed by atoms with van der Waals surface area (Å²) in [6.07, 6.45) is 14.4. The van der Waals surface area contributed by atoms with Gasteiger partial charge in [-0.05, 0) is 130 Å². The quantitative estimate of drug-likeness (QED) is 0.160. The summed E-state index contributed by atoms with van der Waals surface area (Å²) in [7, 11) is 11.7. The maximum absolute atomic E-state index is 12.4. The van der Waals surface area contributed by atoms with Crippen molar-refractivity contribution in [1.82, 2.24) is 9.80 Å². The summed E-state index contributed by atoms with van der Waals surface area (Å²) in [5.41, 5.74) is 4.87. The molecule has 0 radical (unpaired) electrons. The van der Waals surface area contributed by atoms with E-state index in [0.29, 0.717) is 0 Å². The van der Waals surface area contributed by atoms with Gasteiger partial charge in [0, 0.05) is 24.9 Å². The second-order valence-corrected chi connectivity index (χ2v) is 16.9. The highest BCUT2D eigenvalue weighted by atomic mass is 16.5. The summed E-state index contributed by atoms with van der Waals surface area (Å²) in [6, 6.07) is 24.7. The van der Waals surface area contributed by atoms with E-state index in [9.17, 15) is 10.2 Å². The van der Waals surface area contributed by atoms with Crippen molar-refractivity contribution in [2.75, 3.05) is 55.5 Å². The molecule has 0 bridgehead atoms. The molecule has 0 aromatic heterocycles. The van der Waals surface area contributed by atoms with Gasteiger partial charge in [-0.15, -0.1) is 0 Å². The number of ether oxygens (including phenoxy) is 2. The second kappa shape index (κ2) is 19.3. The minimum Gasteiger partial charge on any atom is -0.497 e. The number of methoxy groups -OCH3 is 2. The molecule has 2 fully saturated rings. The van der Waals surface area contributed by atoms with E-state index < -0.39 is 11.2 Å². The lowest BCUT2D eigenvalue weighted by molar-refractivity contribution is 0.000460. The van der Waals surface area contributed by atoms with Crippen LogP contribution in [0.15, 0.2) is 96.6 Å². The Morgan fingerprint density at radius 2 is 1.11 bits per heavy atom. The molecular formula is C48H68N2O4. The van der Waals surface area contributed by atoms with Crippen LogP contribution >= 0.6 is 0 Å². The van der Waals surface area contributed by atoms with Crippen LogP contribution < -0.4 is 9.47 Å².